The highest BCUT2D eigenvalue weighted by Gasteiger charge is 2.06. The lowest BCUT2D eigenvalue weighted by Crippen LogP contribution is -2.02. The van der Waals surface area contributed by atoms with E-state index >= 15 is 0 Å². The smallest absolute Gasteiger partial charge is 0.125 e. The molecule has 0 aromatic heterocycles. The zero-order chi connectivity index (χ0) is 13.0. The van der Waals surface area contributed by atoms with Crippen molar-refractivity contribution in [2.24, 2.45) is 5.73 Å². The van der Waals surface area contributed by atoms with E-state index in [1.165, 1.54) is 5.56 Å². The molecular formula is C16H19NO. The number of benzene rings is 2. The minimum Gasteiger partial charge on any atom is -0.488 e. The van der Waals surface area contributed by atoms with Gasteiger partial charge in [-0.3, -0.25) is 0 Å². The van der Waals surface area contributed by atoms with E-state index in [-0.39, 0.29) is 0 Å². The lowest BCUT2D eigenvalue weighted by atomic mass is 10.1. The van der Waals surface area contributed by atoms with Crippen LogP contribution in [-0.4, -0.2) is 0 Å². The van der Waals surface area contributed by atoms with Gasteiger partial charge in [0.15, 0.2) is 0 Å². The molecule has 0 amide bonds. The van der Waals surface area contributed by atoms with Gasteiger partial charge < -0.3 is 10.5 Å². The molecular weight excluding hydrogens is 222 g/mol. The second-order valence-corrected chi connectivity index (χ2v) is 4.54. The molecule has 0 bridgehead atoms. The van der Waals surface area contributed by atoms with Gasteiger partial charge in [0.25, 0.3) is 0 Å². The van der Waals surface area contributed by atoms with Gasteiger partial charge in [0, 0.05) is 6.54 Å². The zero-order valence-corrected chi connectivity index (χ0v) is 10.9. The molecule has 0 spiro atoms. The summed E-state index contributed by atoms with van der Waals surface area (Å²) < 4.78 is 5.91. The molecule has 0 atom stereocenters. The van der Waals surface area contributed by atoms with Gasteiger partial charge in [0.05, 0.1) is 0 Å². The molecule has 0 aliphatic carbocycles. The molecule has 18 heavy (non-hydrogen) atoms. The van der Waals surface area contributed by atoms with Crippen LogP contribution in [0.25, 0.3) is 0 Å². The van der Waals surface area contributed by atoms with E-state index < -0.39 is 0 Å². The largest absolute Gasteiger partial charge is 0.488 e. The van der Waals surface area contributed by atoms with Gasteiger partial charge in [-0.05, 0) is 36.1 Å². The summed E-state index contributed by atoms with van der Waals surface area (Å²) >= 11 is 0. The minimum absolute atomic E-state index is 0.570. The Kier molecular flexibility index (Phi) is 4.00. The van der Waals surface area contributed by atoms with Gasteiger partial charge in [0.2, 0.25) is 0 Å². The van der Waals surface area contributed by atoms with Crippen LogP contribution in [0.2, 0.25) is 0 Å². The van der Waals surface area contributed by atoms with Crippen molar-refractivity contribution in [3.8, 4) is 5.75 Å². The van der Waals surface area contributed by atoms with Crippen LogP contribution in [0.5, 0.6) is 5.75 Å². The van der Waals surface area contributed by atoms with Gasteiger partial charge in [-0.25, -0.2) is 0 Å². The van der Waals surface area contributed by atoms with Crippen molar-refractivity contribution in [3.63, 3.8) is 0 Å². The highest BCUT2D eigenvalue weighted by atomic mass is 16.5. The van der Waals surface area contributed by atoms with Gasteiger partial charge in [0.1, 0.15) is 12.4 Å². The first kappa shape index (κ1) is 12.7. The van der Waals surface area contributed by atoms with Crippen molar-refractivity contribution < 1.29 is 4.74 Å². The van der Waals surface area contributed by atoms with Gasteiger partial charge in [-0.2, -0.15) is 0 Å². The summed E-state index contributed by atoms with van der Waals surface area (Å²) in [6.45, 7) is 5.30. The lowest BCUT2D eigenvalue weighted by molar-refractivity contribution is 0.302. The number of rotatable bonds is 4. The molecule has 2 heteroatoms. The van der Waals surface area contributed by atoms with Crippen molar-refractivity contribution in [1.82, 2.24) is 0 Å². The number of ether oxygens (including phenoxy) is 1. The quantitative estimate of drug-likeness (QED) is 0.891. The normalized spacial score (nSPS) is 10.4. The van der Waals surface area contributed by atoms with Crippen LogP contribution in [0.15, 0.2) is 42.5 Å². The number of aryl methyl sites for hydroxylation is 2. The molecule has 0 saturated carbocycles. The van der Waals surface area contributed by atoms with Crippen LogP contribution >= 0.6 is 0 Å². The fourth-order valence-corrected chi connectivity index (χ4v) is 2.12. The molecule has 0 heterocycles. The summed E-state index contributed by atoms with van der Waals surface area (Å²) in [7, 11) is 0. The predicted octanol–water partition coefficient (Wildman–Crippen LogP) is 3.34. The van der Waals surface area contributed by atoms with Crippen molar-refractivity contribution in [3.05, 3.63) is 64.7 Å². The molecule has 0 radical (unpaired) electrons. The van der Waals surface area contributed by atoms with Crippen LogP contribution < -0.4 is 10.5 Å². The van der Waals surface area contributed by atoms with Gasteiger partial charge in [-0.1, -0.05) is 42.5 Å². The molecule has 0 unspecified atom stereocenters. The van der Waals surface area contributed by atoms with E-state index in [9.17, 15) is 0 Å². The summed E-state index contributed by atoms with van der Waals surface area (Å²) in [5.41, 5.74) is 10.3. The third-order valence-corrected chi connectivity index (χ3v) is 2.98. The summed E-state index contributed by atoms with van der Waals surface area (Å²) in [5, 5.41) is 0. The maximum Gasteiger partial charge on any atom is 0.125 e. The zero-order valence-electron chi connectivity index (χ0n) is 10.9. The Morgan fingerprint density at radius 2 is 1.56 bits per heavy atom. The summed E-state index contributed by atoms with van der Waals surface area (Å²) in [6.07, 6.45) is 0. The Labute approximate surface area is 108 Å². The topological polar surface area (TPSA) is 35.2 Å². The van der Waals surface area contributed by atoms with E-state index in [4.69, 9.17) is 10.5 Å². The second kappa shape index (κ2) is 5.69. The van der Waals surface area contributed by atoms with Gasteiger partial charge >= 0.3 is 0 Å². The molecule has 2 aromatic carbocycles. The van der Waals surface area contributed by atoms with Crippen molar-refractivity contribution in [1.29, 1.82) is 0 Å². The number of hydrogen-bond acceptors (Lipinski definition) is 2. The summed E-state index contributed by atoms with van der Waals surface area (Å²) in [5.74, 6) is 0.969. The van der Waals surface area contributed by atoms with E-state index in [0.717, 1.165) is 22.4 Å². The van der Waals surface area contributed by atoms with E-state index in [1.807, 2.05) is 18.2 Å². The average molecular weight is 241 g/mol. The third-order valence-electron chi connectivity index (χ3n) is 2.98. The fourth-order valence-electron chi connectivity index (χ4n) is 2.12. The Bertz CT molecular complexity index is 497. The maximum absolute atomic E-state index is 5.91. The highest BCUT2D eigenvalue weighted by Crippen LogP contribution is 2.25. The molecule has 0 aliphatic heterocycles. The molecule has 2 aromatic rings. The van der Waals surface area contributed by atoms with Crippen molar-refractivity contribution in [2.45, 2.75) is 27.0 Å². The van der Waals surface area contributed by atoms with Gasteiger partial charge in [-0.15, -0.1) is 0 Å². The highest BCUT2D eigenvalue weighted by molar-refractivity contribution is 5.43. The average Bonchev–Trinajstić information content (AvgIpc) is 2.38. The minimum atomic E-state index is 0.570. The molecule has 94 valence electrons. The first-order chi connectivity index (χ1) is 8.70. The van der Waals surface area contributed by atoms with Crippen molar-refractivity contribution in [2.75, 3.05) is 0 Å². The van der Waals surface area contributed by atoms with Crippen LogP contribution in [0.3, 0.4) is 0 Å². The Morgan fingerprint density at radius 1 is 0.944 bits per heavy atom. The molecule has 0 fully saturated rings. The van der Waals surface area contributed by atoms with Crippen LogP contribution in [-0.2, 0) is 13.2 Å². The Balaban J connectivity index is 2.15. The van der Waals surface area contributed by atoms with Crippen LogP contribution in [0.1, 0.15) is 22.3 Å². The van der Waals surface area contributed by atoms with Crippen LogP contribution in [0, 0.1) is 13.8 Å². The number of nitrogens with two attached hydrogens (primary N) is 1. The first-order valence-electron chi connectivity index (χ1n) is 6.17. The Morgan fingerprint density at radius 3 is 2.11 bits per heavy atom. The standard InChI is InChI=1S/C16H19NO/c1-12-8-15(10-17)9-13(2)16(12)18-11-14-6-4-3-5-7-14/h3-9H,10-11,17H2,1-2H3. The predicted molar refractivity (Wildman–Crippen MR) is 74.6 cm³/mol. The fraction of sp³-hybridized carbons (Fsp3) is 0.250. The lowest BCUT2D eigenvalue weighted by Gasteiger charge is -2.13. The Hall–Kier alpha value is -1.80. The molecule has 2 N–H and O–H groups in total. The SMILES string of the molecule is Cc1cc(CN)cc(C)c1OCc1ccccc1. The first-order valence-corrected chi connectivity index (χ1v) is 6.17. The second-order valence-electron chi connectivity index (χ2n) is 4.54. The molecule has 2 nitrogen and oxygen atoms in total. The third kappa shape index (κ3) is 2.90. The van der Waals surface area contributed by atoms with E-state index in [1.54, 1.807) is 0 Å². The molecule has 2 rings (SSSR count). The summed E-state index contributed by atoms with van der Waals surface area (Å²) in [4.78, 5) is 0. The van der Waals surface area contributed by atoms with Crippen LogP contribution in [0.4, 0.5) is 0 Å². The summed E-state index contributed by atoms with van der Waals surface area (Å²) in [6, 6.07) is 14.4. The van der Waals surface area contributed by atoms with Crippen molar-refractivity contribution >= 4 is 0 Å². The monoisotopic (exact) mass is 241 g/mol. The maximum atomic E-state index is 5.91. The van der Waals surface area contributed by atoms with E-state index in [0.29, 0.717) is 13.2 Å². The number of hydrogen-bond donors (Lipinski definition) is 1. The van der Waals surface area contributed by atoms with E-state index in [2.05, 4.69) is 38.1 Å². The molecule has 0 saturated heterocycles. The molecule has 0 aliphatic rings.